The lowest BCUT2D eigenvalue weighted by atomic mass is 9.67. The molecule has 6 nitrogen and oxygen atoms in total. The summed E-state index contributed by atoms with van der Waals surface area (Å²) in [6, 6.07) is 11.5. The molecule has 2 N–H and O–H groups in total. The third-order valence-corrected chi connectivity index (χ3v) is 9.63. The molecule has 4 aliphatic rings. The van der Waals surface area contributed by atoms with Crippen LogP contribution in [0.25, 0.3) is 0 Å². The monoisotopic (exact) mass is 525 g/mol. The molecule has 0 aromatic heterocycles. The van der Waals surface area contributed by atoms with E-state index in [0.717, 1.165) is 61.7 Å². The Kier molecular flexibility index (Phi) is 6.62. The summed E-state index contributed by atoms with van der Waals surface area (Å²) in [6.45, 7) is 4.80. The molecule has 2 aromatic rings. The molecular formula is C30H36ClNO5. The van der Waals surface area contributed by atoms with E-state index in [4.69, 9.17) is 21.1 Å². The topological polar surface area (TPSA) is 79.2 Å². The Labute approximate surface area is 223 Å². The molecule has 6 rings (SSSR count). The number of aliphatic hydroxyl groups is 1. The van der Waals surface area contributed by atoms with E-state index in [0.29, 0.717) is 31.5 Å². The lowest BCUT2D eigenvalue weighted by molar-refractivity contribution is -0.124. The SMILES string of the molecule is C[C@H]1CO[C@H]([C@@H]2CC[C@H]2CN2CC3(CCCc4cc(Cl)ccc43)COc3ccc(C(=O)O)cc32)C[C@H]1O. The largest absolute Gasteiger partial charge is 0.490 e. The van der Waals surface area contributed by atoms with Gasteiger partial charge in [0.2, 0.25) is 0 Å². The van der Waals surface area contributed by atoms with E-state index in [1.165, 1.54) is 11.1 Å². The molecule has 6 atom stereocenters. The van der Waals surface area contributed by atoms with Crippen LogP contribution in [0.2, 0.25) is 5.02 Å². The van der Waals surface area contributed by atoms with E-state index in [9.17, 15) is 15.0 Å². The minimum atomic E-state index is -0.931. The second-order valence-corrected chi connectivity index (χ2v) is 12.2. The van der Waals surface area contributed by atoms with Gasteiger partial charge in [-0.15, -0.1) is 0 Å². The van der Waals surface area contributed by atoms with E-state index in [-0.39, 0.29) is 29.1 Å². The lowest BCUT2D eigenvalue weighted by Gasteiger charge is -2.48. The van der Waals surface area contributed by atoms with Crippen molar-refractivity contribution in [1.82, 2.24) is 0 Å². The number of aromatic carboxylic acids is 1. The van der Waals surface area contributed by atoms with Crippen LogP contribution < -0.4 is 9.64 Å². The van der Waals surface area contributed by atoms with Crippen LogP contribution in [0.1, 0.15) is 60.5 Å². The molecule has 0 radical (unpaired) electrons. The summed E-state index contributed by atoms with van der Waals surface area (Å²) in [5, 5.41) is 21.0. The molecule has 2 aliphatic heterocycles. The fraction of sp³-hybridized carbons (Fsp3) is 0.567. The van der Waals surface area contributed by atoms with Gasteiger partial charge in [-0.1, -0.05) is 24.6 Å². The van der Waals surface area contributed by atoms with Gasteiger partial charge in [0.05, 0.1) is 36.7 Å². The maximum absolute atomic E-state index is 11.9. The number of anilines is 1. The first-order valence-corrected chi connectivity index (χ1v) is 14.0. The average Bonchev–Trinajstić information content (AvgIpc) is 3.01. The number of nitrogens with zero attached hydrogens (tertiary/aromatic N) is 1. The van der Waals surface area contributed by atoms with Crippen LogP contribution in [0.3, 0.4) is 0 Å². The maximum atomic E-state index is 11.9. The molecule has 1 saturated carbocycles. The van der Waals surface area contributed by atoms with Crippen molar-refractivity contribution in [2.24, 2.45) is 17.8 Å². The molecule has 2 aromatic carbocycles. The average molecular weight is 526 g/mol. The van der Waals surface area contributed by atoms with Gasteiger partial charge >= 0.3 is 5.97 Å². The minimum Gasteiger partial charge on any atom is -0.490 e. The first-order chi connectivity index (χ1) is 17.8. The number of carboxylic acids is 1. The Morgan fingerprint density at radius 3 is 2.84 bits per heavy atom. The van der Waals surface area contributed by atoms with Gasteiger partial charge in [-0.25, -0.2) is 4.79 Å². The Hall–Kier alpha value is -2.28. The molecule has 198 valence electrons. The number of aryl methyl sites for hydroxylation is 1. The Balaban J connectivity index is 1.33. The number of halogens is 1. The molecule has 2 aliphatic carbocycles. The van der Waals surface area contributed by atoms with E-state index in [1.807, 2.05) is 19.1 Å². The van der Waals surface area contributed by atoms with Crippen LogP contribution >= 0.6 is 11.6 Å². The lowest BCUT2D eigenvalue weighted by Crippen LogP contribution is -2.51. The molecule has 37 heavy (non-hydrogen) atoms. The third kappa shape index (κ3) is 4.62. The van der Waals surface area contributed by atoms with Gasteiger partial charge in [0.15, 0.2) is 0 Å². The van der Waals surface area contributed by atoms with Crippen molar-refractivity contribution in [2.45, 2.75) is 63.1 Å². The van der Waals surface area contributed by atoms with Crippen molar-refractivity contribution in [1.29, 1.82) is 0 Å². The molecule has 2 fully saturated rings. The second kappa shape index (κ2) is 9.79. The first kappa shape index (κ1) is 25.0. The molecule has 2 heterocycles. The molecule has 7 heteroatoms. The molecule has 0 bridgehead atoms. The van der Waals surface area contributed by atoms with Crippen LogP contribution in [-0.4, -0.2) is 54.7 Å². The number of hydrogen-bond donors (Lipinski definition) is 2. The van der Waals surface area contributed by atoms with Crippen molar-refractivity contribution >= 4 is 23.3 Å². The highest BCUT2D eigenvalue weighted by molar-refractivity contribution is 6.30. The van der Waals surface area contributed by atoms with Gasteiger partial charge in [0, 0.05) is 35.9 Å². The highest BCUT2D eigenvalue weighted by Gasteiger charge is 2.45. The van der Waals surface area contributed by atoms with Crippen molar-refractivity contribution in [3.63, 3.8) is 0 Å². The molecular weight excluding hydrogens is 490 g/mol. The number of rotatable bonds is 4. The number of aliphatic hydroxyl groups excluding tert-OH is 1. The van der Waals surface area contributed by atoms with Crippen molar-refractivity contribution in [2.75, 3.05) is 31.2 Å². The van der Waals surface area contributed by atoms with Gasteiger partial charge in [0.25, 0.3) is 0 Å². The zero-order valence-electron chi connectivity index (χ0n) is 21.4. The van der Waals surface area contributed by atoms with Crippen LogP contribution in [0, 0.1) is 17.8 Å². The normalized spacial score (nSPS) is 33.1. The number of fused-ring (bicyclic) bond motifs is 3. The summed E-state index contributed by atoms with van der Waals surface area (Å²) in [5.74, 6) is 0.830. The summed E-state index contributed by atoms with van der Waals surface area (Å²) < 4.78 is 12.7. The fourth-order valence-electron chi connectivity index (χ4n) is 7.06. The zero-order chi connectivity index (χ0) is 25.7. The number of carboxylic acid groups (broad SMARTS) is 1. The Bertz CT molecular complexity index is 1190. The number of benzene rings is 2. The molecule has 1 unspecified atom stereocenters. The summed E-state index contributed by atoms with van der Waals surface area (Å²) in [7, 11) is 0. The van der Waals surface area contributed by atoms with Gasteiger partial charge in [-0.05, 0) is 85.4 Å². The second-order valence-electron chi connectivity index (χ2n) is 11.7. The molecule has 0 amide bonds. The predicted molar refractivity (Wildman–Crippen MR) is 143 cm³/mol. The molecule has 1 spiro atoms. The van der Waals surface area contributed by atoms with Crippen molar-refractivity contribution < 1.29 is 24.5 Å². The van der Waals surface area contributed by atoms with Crippen LogP contribution in [-0.2, 0) is 16.6 Å². The van der Waals surface area contributed by atoms with Crippen LogP contribution in [0.15, 0.2) is 36.4 Å². The standard InChI is InChI=1S/C30H36ClNO5/c1-18-15-36-28(13-26(18)33)23-7-4-21(23)14-32-16-30(10-2-3-19-11-22(31)6-8-24(19)30)17-37-27-9-5-20(29(34)35)12-25(27)32/h5-6,8-9,11-12,18,21,23,26,28,33H,2-4,7,10,13-17H2,1H3,(H,34,35)/t18-,21-,23+,26+,28-,30?/m0/s1. The van der Waals surface area contributed by atoms with Gasteiger partial charge in [-0.2, -0.15) is 0 Å². The van der Waals surface area contributed by atoms with Crippen LogP contribution in [0.4, 0.5) is 5.69 Å². The smallest absolute Gasteiger partial charge is 0.335 e. The highest BCUT2D eigenvalue weighted by Crippen LogP contribution is 2.47. The van der Waals surface area contributed by atoms with Gasteiger partial charge in [0.1, 0.15) is 5.75 Å². The van der Waals surface area contributed by atoms with Gasteiger partial charge < -0.3 is 24.6 Å². The third-order valence-electron chi connectivity index (χ3n) is 9.40. The van der Waals surface area contributed by atoms with E-state index in [2.05, 4.69) is 17.0 Å². The summed E-state index contributed by atoms with van der Waals surface area (Å²) in [4.78, 5) is 14.2. The number of hydrogen-bond acceptors (Lipinski definition) is 5. The first-order valence-electron chi connectivity index (χ1n) is 13.7. The number of carbonyl (C=O) groups is 1. The summed E-state index contributed by atoms with van der Waals surface area (Å²) in [6.07, 6.45) is 5.79. The maximum Gasteiger partial charge on any atom is 0.335 e. The van der Waals surface area contributed by atoms with Crippen LogP contribution in [0.5, 0.6) is 5.75 Å². The Morgan fingerprint density at radius 2 is 2.08 bits per heavy atom. The summed E-state index contributed by atoms with van der Waals surface area (Å²) >= 11 is 6.36. The van der Waals surface area contributed by atoms with E-state index in [1.54, 1.807) is 12.1 Å². The quantitative estimate of drug-likeness (QED) is 0.562. The predicted octanol–water partition coefficient (Wildman–Crippen LogP) is 5.32. The summed E-state index contributed by atoms with van der Waals surface area (Å²) in [5.41, 5.74) is 3.54. The van der Waals surface area contributed by atoms with Crippen molar-refractivity contribution in [3.8, 4) is 5.75 Å². The highest BCUT2D eigenvalue weighted by atomic mass is 35.5. The van der Waals surface area contributed by atoms with E-state index >= 15 is 0 Å². The minimum absolute atomic E-state index is 0.0875. The molecule has 1 saturated heterocycles. The number of ether oxygens (including phenoxy) is 2. The zero-order valence-corrected chi connectivity index (χ0v) is 22.1. The van der Waals surface area contributed by atoms with Gasteiger partial charge in [-0.3, -0.25) is 0 Å². The fourth-order valence-corrected chi connectivity index (χ4v) is 7.26. The Morgan fingerprint density at radius 1 is 1.22 bits per heavy atom. The van der Waals surface area contributed by atoms with Crippen molar-refractivity contribution in [3.05, 3.63) is 58.1 Å². The van der Waals surface area contributed by atoms with E-state index < -0.39 is 5.97 Å².